The summed E-state index contributed by atoms with van der Waals surface area (Å²) in [5.74, 6) is -1.59. The lowest BCUT2D eigenvalue weighted by molar-refractivity contribution is -0.114. The molecule has 234 valence electrons. The Morgan fingerprint density at radius 1 is 0.957 bits per heavy atom. The topological polar surface area (TPSA) is 141 Å². The molecule has 0 saturated heterocycles. The van der Waals surface area contributed by atoms with E-state index in [4.69, 9.17) is 4.74 Å². The van der Waals surface area contributed by atoms with E-state index in [1.54, 1.807) is 91.0 Å². The number of phenolic OH excluding ortho intramolecular Hbond substituents is 1. The summed E-state index contributed by atoms with van der Waals surface area (Å²) in [6.07, 6.45) is 1.50. The van der Waals surface area contributed by atoms with E-state index in [1.807, 2.05) is 13.0 Å². The number of phenols is 1. The molecule has 3 N–H and O–H groups in total. The molecule has 0 aliphatic carbocycles. The molecule has 0 unspecified atom stereocenters. The molecule has 1 aliphatic heterocycles. The number of carbonyl (C=O) groups is 3. The number of aromatic nitrogens is 1. The fraction of sp³-hybridized carbons (Fsp3) is 0.0833. The number of carboxylic acid groups (broad SMARTS) is 1. The van der Waals surface area contributed by atoms with Crippen LogP contribution in [-0.4, -0.2) is 50.5 Å². The van der Waals surface area contributed by atoms with Crippen molar-refractivity contribution < 1.29 is 29.3 Å². The van der Waals surface area contributed by atoms with Gasteiger partial charge in [0.15, 0.2) is 16.7 Å². The second-order valence-electron chi connectivity index (χ2n) is 10.3. The Hall–Kier alpha value is -5.94. The van der Waals surface area contributed by atoms with Gasteiger partial charge >= 0.3 is 5.97 Å². The van der Waals surface area contributed by atoms with Gasteiger partial charge in [-0.05, 0) is 55.5 Å². The molecule has 1 aliphatic rings. The van der Waals surface area contributed by atoms with Crippen LogP contribution in [0.3, 0.4) is 0 Å². The van der Waals surface area contributed by atoms with Gasteiger partial charge in [0.2, 0.25) is 5.91 Å². The lowest BCUT2D eigenvalue weighted by atomic mass is 10.0. The normalized spacial score (nSPS) is 13.6. The Labute approximate surface area is 274 Å². The maximum Gasteiger partial charge on any atom is 0.336 e. The van der Waals surface area contributed by atoms with Crippen molar-refractivity contribution in [2.75, 3.05) is 22.6 Å². The number of aromatic hydroxyl groups is 1. The smallest absolute Gasteiger partial charge is 0.336 e. The third-order valence-electron chi connectivity index (χ3n) is 7.21. The second-order valence-corrected chi connectivity index (χ2v) is 11.3. The van der Waals surface area contributed by atoms with Gasteiger partial charge in [-0.3, -0.25) is 14.5 Å². The summed E-state index contributed by atoms with van der Waals surface area (Å²) in [5, 5.41) is 24.1. The largest absolute Gasteiger partial charge is 0.504 e. The Morgan fingerprint density at radius 3 is 2.45 bits per heavy atom. The van der Waals surface area contributed by atoms with Crippen LogP contribution >= 0.6 is 11.8 Å². The number of thioether (sulfide) groups is 1. The standard InChI is InChI=1S/C36H28N4O6S/c1-2-46-31-14-8-9-23(33(31)42)19-30-34(43)40(25-10-4-3-5-11-25)36(39-30)47-21-32(41)37-24-17-15-22(16-18-24)29-20-27(35(44)45)26-12-6-7-13-28(26)38-29/h3-20,42H,2,21H2,1H3,(H,37,41)(H,44,45)/b30-19-. The highest BCUT2D eigenvalue weighted by Gasteiger charge is 2.32. The van der Waals surface area contributed by atoms with Crippen molar-refractivity contribution in [1.82, 2.24) is 4.98 Å². The van der Waals surface area contributed by atoms with Crippen LogP contribution in [0.4, 0.5) is 11.4 Å². The van der Waals surface area contributed by atoms with E-state index in [2.05, 4.69) is 15.3 Å². The van der Waals surface area contributed by atoms with Crippen LogP contribution in [0.1, 0.15) is 22.8 Å². The first-order valence-corrected chi connectivity index (χ1v) is 15.6. The number of hydrogen-bond donors (Lipinski definition) is 3. The van der Waals surface area contributed by atoms with E-state index >= 15 is 0 Å². The van der Waals surface area contributed by atoms with Crippen LogP contribution in [-0.2, 0) is 9.59 Å². The first-order chi connectivity index (χ1) is 22.8. The number of anilines is 2. The van der Waals surface area contributed by atoms with Crippen LogP contribution in [0.5, 0.6) is 11.5 Å². The van der Waals surface area contributed by atoms with Gasteiger partial charge in [-0.15, -0.1) is 0 Å². The van der Waals surface area contributed by atoms with Crippen molar-refractivity contribution >= 4 is 63.1 Å². The molecule has 0 fully saturated rings. The maximum absolute atomic E-state index is 13.5. The van der Waals surface area contributed by atoms with E-state index in [9.17, 15) is 24.6 Å². The number of hydrogen-bond acceptors (Lipinski definition) is 8. The molecule has 4 aromatic carbocycles. The van der Waals surface area contributed by atoms with Gasteiger partial charge in [0.1, 0.15) is 5.70 Å². The number of fused-ring (bicyclic) bond motifs is 1. The number of nitrogens with zero attached hydrogens (tertiary/aromatic N) is 3. The predicted octanol–water partition coefficient (Wildman–Crippen LogP) is 6.82. The van der Waals surface area contributed by atoms with E-state index in [0.29, 0.717) is 56.6 Å². The third kappa shape index (κ3) is 6.70. The number of ether oxygens (including phenoxy) is 1. The third-order valence-corrected chi connectivity index (χ3v) is 8.15. The SMILES string of the molecule is CCOc1cccc(/C=C2\N=C(SCC(=O)Nc3ccc(-c4cc(C(=O)O)c5ccccc5n4)cc3)N(c3ccccc3)C2=O)c1O. The minimum absolute atomic E-state index is 0.0379. The summed E-state index contributed by atoms with van der Waals surface area (Å²) >= 11 is 1.10. The summed E-state index contributed by atoms with van der Waals surface area (Å²) in [6.45, 7) is 2.18. The van der Waals surface area contributed by atoms with Crippen LogP contribution in [0.15, 0.2) is 114 Å². The number of carboxylic acids is 1. The van der Waals surface area contributed by atoms with E-state index in [0.717, 1.165) is 11.8 Å². The number of para-hydroxylation sites is 3. The predicted molar refractivity (Wildman–Crippen MR) is 184 cm³/mol. The molecule has 0 bridgehead atoms. The number of amidine groups is 1. The summed E-state index contributed by atoms with van der Waals surface area (Å²) in [6, 6.07) is 29.5. The number of rotatable bonds is 9. The number of pyridine rings is 1. The van der Waals surface area contributed by atoms with Gasteiger partial charge in [-0.1, -0.05) is 72.4 Å². The van der Waals surface area contributed by atoms with Crippen LogP contribution in [0.2, 0.25) is 0 Å². The lowest BCUT2D eigenvalue weighted by Gasteiger charge is -2.17. The zero-order chi connectivity index (χ0) is 32.9. The Kier molecular flexibility index (Phi) is 8.98. The van der Waals surface area contributed by atoms with Gasteiger partial charge in [0.05, 0.1) is 34.8 Å². The lowest BCUT2D eigenvalue weighted by Crippen LogP contribution is -2.31. The highest BCUT2D eigenvalue weighted by atomic mass is 32.2. The van der Waals surface area contributed by atoms with Crippen LogP contribution in [0, 0.1) is 0 Å². The van der Waals surface area contributed by atoms with Gasteiger partial charge in [0.25, 0.3) is 5.91 Å². The molecule has 0 atom stereocenters. The number of carbonyl (C=O) groups excluding carboxylic acids is 2. The molecule has 10 nitrogen and oxygen atoms in total. The second kappa shape index (κ2) is 13.6. The summed E-state index contributed by atoms with van der Waals surface area (Å²) in [4.78, 5) is 49.0. The van der Waals surface area contributed by atoms with Crippen molar-refractivity contribution in [2.24, 2.45) is 4.99 Å². The molecular weight excluding hydrogens is 616 g/mol. The van der Waals surface area contributed by atoms with Crippen molar-refractivity contribution in [3.63, 3.8) is 0 Å². The zero-order valence-corrected chi connectivity index (χ0v) is 25.9. The molecule has 5 aromatic rings. The average Bonchev–Trinajstić information content (AvgIpc) is 3.40. The van der Waals surface area contributed by atoms with Gasteiger partial charge in [-0.25, -0.2) is 14.8 Å². The summed E-state index contributed by atoms with van der Waals surface area (Å²) < 4.78 is 5.47. The summed E-state index contributed by atoms with van der Waals surface area (Å²) in [5.41, 5.74) is 3.53. The zero-order valence-electron chi connectivity index (χ0n) is 25.1. The summed E-state index contributed by atoms with van der Waals surface area (Å²) in [7, 11) is 0. The van der Waals surface area contributed by atoms with Gasteiger partial charge < -0.3 is 20.3 Å². The molecule has 11 heteroatoms. The van der Waals surface area contributed by atoms with Crippen molar-refractivity contribution in [3.8, 4) is 22.8 Å². The molecule has 1 aromatic heterocycles. The van der Waals surface area contributed by atoms with E-state index < -0.39 is 11.9 Å². The minimum atomic E-state index is -1.04. The fourth-order valence-corrected chi connectivity index (χ4v) is 5.84. The molecule has 2 heterocycles. The number of aromatic carboxylic acids is 1. The highest BCUT2D eigenvalue weighted by Crippen LogP contribution is 2.34. The molecule has 0 saturated carbocycles. The molecule has 2 amide bonds. The number of benzene rings is 4. The first-order valence-electron chi connectivity index (χ1n) is 14.6. The molecule has 6 rings (SSSR count). The molecular formula is C36H28N4O6S. The van der Waals surface area contributed by atoms with Crippen molar-refractivity contribution in [3.05, 3.63) is 120 Å². The Morgan fingerprint density at radius 2 is 1.70 bits per heavy atom. The maximum atomic E-state index is 13.5. The van der Waals surface area contributed by atoms with E-state index in [1.165, 1.54) is 17.0 Å². The van der Waals surface area contributed by atoms with E-state index in [-0.39, 0.29) is 28.7 Å². The van der Waals surface area contributed by atoms with Crippen molar-refractivity contribution in [2.45, 2.75) is 6.92 Å². The highest BCUT2D eigenvalue weighted by molar-refractivity contribution is 8.14. The van der Waals surface area contributed by atoms with Gasteiger partial charge in [-0.2, -0.15) is 0 Å². The van der Waals surface area contributed by atoms with Gasteiger partial charge in [0, 0.05) is 22.2 Å². The van der Waals surface area contributed by atoms with Crippen molar-refractivity contribution in [1.29, 1.82) is 0 Å². The molecule has 0 spiro atoms. The molecule has 0 radical (unpaired) electrons. The fourth-order valence-electron chi connectivity index (χ4n) is 5.02. The minimum Gasteiger partial charge on any atom is -0.504 e. The number of nitrogens with one attached hydrogen (secondary N) is 1. The van der Waals surface area contributed by atoms with Crippen LogP contribution in [0.25, 0.3) is 28.2 Å². The number of amides is 2. The van der Waals surface area contributed by atoms with Crippen LogP contribution < -0.4 is 15.0 Å². The first kappa shape index (κ1) is 31.1. The Bertz CT molecular complexity index is 2060. The quantitative estimate of drug-likeness (QED) is 0.149. The average molecular weight is 645 g/mol. The Balaban J connectivity index is 1.19. The number of aliphatic imine (C=N–C) groups is 1. The monoisotopic (exact) mass is 644 g/mol. The molecule has 47 heavy (non-hydrogen) atoms.